The van der Waals surface area contributed by atoms with Crippen LogP contribution < -0.4 is 21.6 Å². The Hall–Kier alpha value is -2.16. The summed E-state index contributed by atoms with van der Waals surface area (Å²) in [7, 11) is 1.89. The molecule has 1 aromatic carbocycles. The van der Waals surface area contributed by atoms with Crippen molar-refractivity contribution in [2.75, 3.05) is 172 Å². The van der Waals surface area contributed by atoms with Crippen molar-refractivity contribution in [3.05, 3.63) is 41.7 Å². The molecule has 0 unspecified atom stereocenters. The average molecular weight is 735 g/mol. The zero-order chi connectivity index (χ0) is 36.7. The maximum absolute atomic E-state index is 5.98. The van der Waals surface area contributed by atoms with Gasteiger partial charge in [0, 0.05) is 12.7 Å². The molecule has 0 spiro atoms. The molecule has 0 saturated heterocycles. The number of hydrazine groups is 1. The third-order valence-electron chi connectivity index (χ3n) is 6.47. The molecule has 5 N–H and O–H groups in total. The number of rotatable bonds is 40. The van der Waals surface area contributed by atoms with Crippen LogP contribution in [0, 0.1) is 6.92 Å². The van der Waals surface area contributed by atoms with Gasteiger partial charge >= 0.3 is 0 Å². The Morgan fingerprint density at radius 3 is 1.18 bits per heavy atom. The summed E-state index contributed by atoms with van der Waals surface area (Å²) in [4.78, 5) is 0. The molecule has 0 atom stereocenters. The van der Waals surface area contributed by atoms with Crippen LogP contribution in [0.2, 0.25) is 0 Å². The van der Waals surface area contributed by atoms with Gasteiger partial charge in [-0.25, -0.2) is 5.84 Å². The van der Waals surface area contributed by atoms with Crippen LogP contribution in [-0.4, -0.2) is 177 Å². The molecule has 0 aliphatic heterocycles. The summed E-state index contributed by atoms with van der Waals surface area (Å²) in [5.74, 6) is 6.70. The first kappa shape index (κ1) is 46.9. The topological polar surface area (TPSA) is 178 Å². The standard InChI is InChI=1S/C35H66N4O12/c1-33-3-5-35(6-4-33)51-32-34(36)31-39(37)8-10-41-12-14-43-16-18-45-20-22-47-24-26-49-28-30-50-29-27-48-25-23-46-21-19-44-17-15-42-13-11-40-9-7-38-2/h3-6,31,38H,7-30,32,36-37H2,1-2H3/b34-31-. The first-order chi connectivity index (χ1) is 25.1. The predicted molar refractivity (Wildman–Crippen MR) is 193 cm³/mol. The SMILES string of the molecule is CNCCOCCOCCOCCOCCOCCOCCOCCOCCOCCOCCOCCN(N)/C=C(\N)COc1ccc(C)cc1. The number of likely N-dealkylation sites (N-methyl/N-ethyl adjacent to an activating group) is 1. The van der Waals surface area contributed by atoms with Crippen molar-refractivity contribution >= 4 is 0 Å². The Kier molecular flexibility index (Phi) is 34.5. The predicted octanol–water partition coefficient (Wildman–Crippen LogP) is 0.752. The molecule has 0 bridgehead atoms. The highest BCUT2D eigenvalue weighted by molar-refractivity contribution is 5.26. The Morgan fingerprint density at radius 2 is 0.843 bits per heavy atom. The maximum Gasteiger partial charge on any atom is 0.129 e. The van der Waals surface area contributed by atoms with Gasteiger partial charge in [-0.2, -0.15) is 0 Å². The lowest BCUT2D eigenvalue weighted by Crippen LogP contribution is -2.31. The minimum atomic E-state index is 0.256. The van der Waals surface area contributed by atoms with E-state index in [1.54, 1.807) is 6.20 Å². The average Bonchev–Trinajstić information content (AvgIpc) is 3.13. The van der Waals surface area contributed by atoms with Gasteiger partial charge in [0.05, 0.1) is 158 Å². The van der Waals surface area contributed by atoms with Crippen LogP contribution in [0.15, 0.2) is 36.2 Å². The summed E-state index contributed by atoms with van der Waals surface area (Å²) in [5.41, 5.74) is 7.67. The van der Waals surface area contributed by atoms with E-state index >= 15 is 0 Å². The van der Waals surface area contributed by atoms with E-state index in [4.69, 9.17) is 68.4 Å². The molecule has 16 nitrogen and oxygen atoms in total. The van der Waals surface area contributed by atoms with E-state index in [2.05, 4.69) is 5.32 Å². The molecule has 0 aliphatic carbocycles. The number of hydrogen-bond acceptors (Lipinski definition) is 16. The molecule has 0 amide bonds. The monoisotopic (exact) mass is 734 g/mol. The summed E-state index contributed by atoms with van der Waals surface area (Å²) >= 11 is 0. The fraction of sp³-hybridized carbons (Fsp3) is 0.771. The Balaban J connectivity index is 1.69. The molecular formula is C35H66N4O12. The van der Waals surface area contributed by atoms with Crippen molar-refractivity contribution in [1.82, 2.24) is 10.3 Å². The number of hydrogen-bond donors (Lipinski definition) is 3. The number of aryl methyl sites for hydroxylation is 1. The lowest BCUT2D eigenvalue weighted by Gasteiger charge is -2.15. The lowest BCUT2D eigenvalue weighted by atomic mass is 10.2. The zero-order valence-corrected chi connectivity index (χ0v) is 31.1. The Labute approximate surface area is 305 Å². The van der Waals surface area contributed by atoms with Gasteiger partial charge in [-0.3, -0.25) is 0 Å². The van der Waals surface area contributed by atoms with Crippen LogP contribution in [0.5, 0.6) is 5.75 Å². The van der Waals surface area contributed by atoms with E-state index in [0.29, 0.717) is 158 Å². The zero-order valence-electron chi connectivity index (χ0n) is 31.1. The van der Waals surface area contributed by atoms with Crippen LogP contribution in [0.3, 0.4) is 0 Å². The van der Waals surface area contributed by atoms with E-state index in [9.17, 15) is 0 Å². The van der Waals surface area contributed by atoms with Crippen LogP contribution >= 0.6 is 0 Å². The number of nitrogens with zero attached hydrogens (tertiary/aromatic N) is 1. The fourth-order valence-corrected chi connectivity index (χ4v) is 3.76. The van der Waals surface area contributed by atoms with Gasteiger partial charge in [-0.1, -0.05) is 17.7 Å². The highest BCUT2D eigenvalue weighted by atomic mass is 16.6. The number of nitrogens with two attached hydrogens (primary N) is 2. The second kappa shape index (κ2) is 37.6. The molecule has 1 rings (SSSR count). The molecule has 16 heteroatoms. The van der Waals surface area contributed by atoms with Crippen molar-refractivity contribution < 1.29 is 56.8 Å². The second-order valence-electron chi connectivity index (χ2n) is 10.9. The Bertz CT molecular complexity index is 889. The first-order valence-electron chi connectivity index (χ1n) is 17.8. The van der Waals surface area contributed by atoms with E-state index < -0.39 is 0 Å². The molecule has 1 aromatic rings. The molecule has 0 saturated carbocycles. The van der Waals surface area contributed by atoms with Gasteiger partial charge in [-0.15, -0.1) is 0 Å². The van der Waals surface area contributed by atoms with Gasteiger partial charge in [-0.05, 0) is 26.1 Å². The molecule has 0 radical (unpaired) electrons. The van der Waals surface area contributed by atoms with Crippen molar-refractivity contribution in [2.45, 2.75) is 6.92 Å². The highest BCUT2D eigenvalue weighted by Crippen LogP contribution is 2.11. The summed E-state index contributed by atoms with van der Waals surface area (Å²) in [6, 6.07) is 7.78. The number of benzene rings is 1. The smallest absolute Gasteiger partial charge is 0.129 e. The molecular weight excluding hydrogens is 668 g/mol. The van der Waals surface area contributed by atoms with Crippen molar-refractivity contribution in [2.24, 2.45) is 11.6 Å². The molecule has 51 heavy (non-hydrogen) atoms. The number of ether oxygens (including phenoxy) is 12. The second-order valence-corrected chi connectivity index (χ2v) is 10.9. The fourth-order valence-electron chi connectivity index (χ4n) is 3.76. The highest BCUT2D eigenvalue weighted by Gasteiger charge is 2.00. The van der Waals surface area contributed by atoms with Gasteiger partial charge in [0.2, 0.25) is 0 Å². The molecule has 0 aromatic heterocycles. The molecule has 0 aliphatic rings. The Morgan fingerprint density at radius 1 is 0.529 bits per heavy atom. The molecule has 0 fully saturated rings. The van der Waals surface area contributed by atoms with Crippen LogP contribution in [-0.2, 0) is 52.1 Å². The van der Waals surface area contributed by atoms with Crippen molar-refractivity contribution in [1.29, 1.82) is 0 Å². The lowest BCUT2D eigenvalue weighted by molar-refractivity contribution is -0.0275. The minimum absolute atomic E-state index is 0.256. The van der Waals surface area contributed by atoms with E-state index in [1.807, 2.05) is 38.2 Å². The number of nitrogens with one attached hydrogen (secondary N) is 1. The van der Waals surface area contributed by atoms with Gasteiger partial charge in [0.1, 0.15) is 12.4 Å². The molecule has 0 heterocycles. The normalized spacial score (nSPS) is 11.8. The third kappa shape index (κ3) is 34.7. The summed E-state index contributed by atoms with van der Waals surface area (Å²) in [6.45, 7) is 15.0. The maximum atomic E-state index is 5.98. The van der Waals surface area contributed by atoms with E-state index in [0.717, 1.165) is 12.3 Å². The van der Waals surface area contributed by atoms with Gasteiger partial charge in [0.25, 0.3) is 0 Å². The van der Waals surface area contributed by atoms with Crippen molar-refractivity contribution in [3.63, 3.8) is 0 Å². The van der Waals surface area contributed by atoms with E-state index in [1.165, 1.54) is 10.6 Å². The van der Waals surface area contributed by atoms with Crippen LogP contribution in [0.25, 0.3) is 0 Å². The van der Waals surface area contributed by atoms with Gasteiger partial charge < -0.3 is 72.9 Å². The quantitative estimate of drug-likeness (QED) is 0.0489. The largest absolute Gasteiger partial charge is 0.487 e. The minimum Gasteiger partial charge on any atom is -0.487 e. The first-order valence-corrected chi connectivity index (χ1v) is 17.8. The summed E-state index contributed by atoms with van der Waals surface area (Å²) in [6.07, 6.45) is 1.64. The summed E-state index contributed by atoms with van der Waals surface area (Å²) in [5, 5.41) is 4.50. The van der Waals surface area contributed by atoms with Crippen molar-refractivity contribution in [3.8, 4) is 5.75 Å². The summed E-state index contributed by atoms with van der Waals surface area (Å²) < 4.78 is 65.9. The third-order valence-corrected chi connectivity index (χ3v) is 6.47. The van der Waals surface area contributed by atoms with Crippen LogP contribution in [0.4, 0.5) is 0 Å². The van der Waals surface area contributed by atoms with Crippen LogP contribution in [0.1, 0.15) is 5.56 Å². The van der Waals surface area contributed by atoms with Gasteiger partial charge in [0.15, 0.2) is 0 Å². The molecule has 298 valence electrons. The van der Waals surface area contributed by atoms with E-state index in [-0.39, 0.29) is 6.61 Å².